The Morgan fingerprint density at radius 2 is 1.81 bits per heavy atom. The minimum absolute atomic E-state index is 0.0798. The van der Waals surface area contributed by atoms with Crippen LogP contribution >= 0.6 is 11.6 Å². The van der Waals surface area contributed by atoms with E-state index in [1.807, 2.05) is 23.1 Å². The predicted octanol–water partition coefficient (Wildman–Crippen LogP) is 4.23. The molecule has 27 heavy (non-hydrogen) atoms. The molecule has 0 aromatic heterocycles. The van der Waals surface area contributed by atoms with Crippen LogP contribution in [0.15, 0.2) is 54.6 Å². The minimum atomic E-state index is -0.450. The number of hydrogen-bond acceptors (Lipinski definition) is 3. The van der Waals surface area contributed by atoms with Crippen LogP contribution in [0.5, 0.6) is 5.75 Å². The van der Waals surface area contributed by atoms with Crippen molar-refractivity contribution < 1.29 is 9.53 Å². The van der Waals surface area contributed by atoms with E-state index in [0.717, 1.165) is 39.1 Å². The highest BCUT2D eigenvalue weighted by molar-refractivity contribution is 6.30. The van der Waals surface area contributed by atoms with Crippen LogP contribution in [-0.4, -0.2) is 48.0 Å². The van der Waals surface area contributed by atoms with Crippen molar-refractivity contribution in [3.63, 3.8) is 0 Å². The fourth-order valence-corrected chi connectivity index (χ4v) is 3.55. The third-order valence-corrected chi connectivity index (χ3v) is 5.07. The highest BCUT2D eigenvalue weighted by Crippen LogP contribution is 2.21. The molecule has 0 saturated carbocycles. The molecule has 3 rings (SSSR count). The molecule has 144 valence electrons. The quantitative estimate of drug-likeness (QED) is 0.713. The molecule has 1 unspecified atom stereocenters. The fourth-order valence-electron chi connectivity index (χ4n) is 3.37. The van der Waals surface area contributed by atoms with Crippen LogP contribution in [0.2, 0.25) is 5.02 Å². The molecule has 5 heteroatoms. The zero-order valence-corrected chi connectivity index (χ0v) is 16.6. The van der Waals surface area contributed by atoms with E-state index in [4.69, 9.17) is 16.3 Å². The summed E-state index contributed by atoms with van der Waals surface area (Å²) >= 11 is 6.04. The first-order chi connectivity index (χ1) is 13.2. The largest absolute Gasteiger partial charge is 0.481 e. The molecule has 1 aliphatic rings. The van der Waals surface area contributed by atoms with Gasteiger partial charge in [-0.2, -0.15) is 0 Å². The fraction of sp³-hybridized carbons (Fsp3) is 0.409. The average molecular weight is 387 g/mol. The SMILES string of the molecule is CCCC(Oc1cccc(Cl)c1)C(=O)N1CCN(Cc2ccccc2)CC1. The summed E-state index contributed by atoms with van der Waals surface area (Å²) in [6.45, 7) is 6.25. The topological polar surface area (TPSA) is 32.8 Å². The van der Waals surface area contributed by atoms with Crippen molar-refractivity contribution in [3.8, 4) is 5.75 Å². The maximum Gasteiger partial charge on any atom is 0.263 e. The van der Waals surface area contributed by atoms with Crippen molar-refractivity contribution in [3.05, 3.63) is 65.2 Å². The van der Waals surface area contributed by atoms with Gasteiger partial charge in [-0.25, -0.2) is 0 Å². The van der Waals surface area contributed by atoms with Crippen LogP contribution in [0.3, 0.4) is 0 Å². The standard InChI is InChI=1S/C22H27ClN2O2/c1-2-7-21(27-20-11-6-10-19(23)16-20)22(26)25-14-12-24(13-15-25)17-18-8-4-3-5-9-18/h3-6,8-11,16,21H,2,7,12-15,17H2,1H3. The summed E-state index contributed by atoms with van der Waals surface area (Å²) in [4.78, 5) is 17.3. The number of carbonyl (C=O) groups excluding carboxylic acids is 1. The number of benzene rings is 2. The Hall–Kier alpha value is -2.04. The number of halogens is 1. The molecular weight excluding hydrogens is 360 g/mol. The van der Waals surface area contributed by atoms with E-state index in [2.05, 4.69) is 36.1 Å². The van der Waals surface area contributed by atoms with Crippen LogP contribution in [0.4, 0.5) is 0 Å². The Labute approximate surface area is 166 Å². The van der Waals surface area contributed by atoms with Gasteiger partial charge < -0.3 is 9.64 Å². The summed E-state index contributed by atoms with van der Waals surface area (Å²) in [5.41, 5.74) is 1.31. The number of nitrogens with zero attached hydrogens (tertiary/aromatic N) is 2. The Bertz CT molecular complexity index is 730. The number of piperazine rings is 1. The zero-order chi connectivity index (χ0) is 19.1. The summed E-state index contributed by atoms with van der Waals surface area (Å²) in [6.07, 6.45) is 1.15. The molecule has 0 spiro atoms. The Morgan fingerprint density at radius 3 is 2.48 bits per heavy atom. The smallest absolute Gasteiger partial charge is 0.263 e. The van der Waals surface area contributed by atoms with Crippen LogP contribution in [0.1, 0.15) is 25.3 Å². The van der Waals surface area contributed by atoms with Gasteiger partial charge >= 0.3 is 0 Å². The van der Waals surface area contributed by atoms with Gasteiger partial charge in [0.2, 0.25) is 0 Å². The molecule has 4 nitrogen and oxygen atoms in total. The normalized spacial score (nSPS) is 16.1. The molecule has 0 bridgehead atoms. The lowest BCUT2D eigenvalue weighted by molar-refractivity contribution is -0.140. The van der Waals surface area contributed by atoms with E-state index in [9.17, 15) is 4.79 Å². The van der Waals surface area contributed by atoms with E-state index in [-0.39, 0.29) is 5.91 Å². The van der Waals surface area contributed by atoms with E-state index in [1.165, 1.54) is 5.56 Å². The first-order valence-corrected chi connectivity index (χ1v) is 10.0. The van der Waals surface area contributed by atoms with Crippen molar-refractivity contribution in [1.29, 1.82) is 0 Å². The van der Waals surface area contributed by atoms with Gasteiger partial charge in [0.1, 0.15) is 5.75 Å². The van der Waals surface area contributed by atoms with Gasteiger partial charge in [-0.1, -0.05) is 61.3 Å². The third kappa shape index (κ3) is 5.72. The second-order valence-corrected chi connectivity index (χ2v) is 7.38. The first kappa shape index (κ1) is 19.7. The number of amides is 1. The van der Waals surface area contributed by atoms with Crippen molar-refractivity contribution in [2.75, 3.05) is 26.2 Å². The zero-order valence-electron chi connectivity index (χ0n) is 15.8. The summed E-state index contributed by atoms with van der Waals surface area (Å²) < 4.78 is 5.98. The molecule has 1 aliphatic heterocycles. The lowest BCUT2D eigenvalue weighted by Gasteiger charge is -2.36. The average Bonchev–Trinajstić information content (AvgIpc) is 2.69. The van der Waals surface area contributed by atoms with Crippen LogP contribution in [-0.2, 0) is 11.3 Å². The lowest BCUT2D eigenvalue weighted by atomic mass is 10.1. The highest BCUT2D eigenvalue weighted by atomic mass is 35.5. The van der Waals surface area contributed by atoms with Crippen molar-refractivity contribution >= 4 is 17.5 Å². The van der Waals surface area contributed by atoms with Crippen molar-refractivity contribution in [2.45, 2.75) is 32.4 Å². The summed E-state index contributed by atoms with van der Waals surface area (Å²) in [7, 11) is 0. The summed E-state index contributed by atoms with van der Waals surface area (Å²) in [5.74, 6) is 0.730. The van der Waals surface area contributed by atoms with Gasteiger partial charge in [0.05, 0.1) is 0 Å². The molecule has 2 aromatic carbocycles. The molecule has 2 aromatic rings. The molecule has 0 aliphatic carbocycles. The first-order valence-electron chi connectivity index (χ1n) is 9.63. The van der Waals surface area contributed by atoms with Gasteiger partial charge in [-0.05, 0) is 30.2 Å². The van der Waals surface area contributed by atoms with E-state index in [1.54, 1.807) is 12.1 Å². The Kier molecular flexibility index (Phi) is 7.13. The van der Waals surface area contributed by atoms with Gasteiger partial charge in [0, 0.05) is 37.7 Å². The molecule has 0 radical (unpaired) electrons. The van der Waals surface area contributed by atoms with Crippen molar-refractivity contribution in [1.82, 2.24) is 9.80 Å². The van der Waals surface area contributed by atoms with Gasteiger partial charge in [-0.15, -0.1) is 0 Å². The molecular formula is C22H27ClN2O2. The number of ether oxygens (including phenoxy) is 1. The molecule has 1 heterocycles. The summed E-state index contributed by atoms with van der Waals surface area (Å²) in [6, 6.07) is 17.7. The number of carbonyl (C=O) groups is 1. The second-order valence-electron chi connectivity index (χ2n) is 6.94. The van der Waals surface area contributed by atoms with Gasteiger partial charge in [0.25, 0.3) is 5.91 Å². The van der Waals surface area contributed by atoms with Gasteiger partial charge in [-0.3, -0.25) is 9.69 Å². The van der Waals surface area contributed by atoms with E-state index < -0.39 is 6.10 Å². The van der Waals surface area contributed by atoms with E-state index in [0.29, 0.717) is 17.2 Å². The molecule has 1 atom stereocenters. The maximum absolute atomic E-state index is 13.0. The molecule has 1 saturated heterocycles. The predicted molar refractivity (Wildman–Crippen MR) is 109 cm³/mol. The Morgan fingerprint density at radius 1 is 1.07 bits per heavy atom. The second kappa shape index (κ2) is 9.77. The highest BCUT2D eigenvalue weighted by Gasteiger charge is 2.28. The Balaban J connectivity index is 1.55. The lowest BCUT2D eigenvalue weighted by Crippen LogP contribution is -2.52. The van der Waals surface area contributed by atoms with E-state index >= 15 is 0 Å². The number of rotatable bonds is 7. The molecule has 0 N–H and O–H groups in total. The number of hydrogen-bond donors (Lipinski definition) is 0. The van der Waals surface area contributed by atoms with Gasteiger partial charge in [0.15, 0.2) is 6.10 Å². The summed E-state index contributed by atoms with van der Waals surface area (Å²) in [5, 5.41) is 0.615. The van der Waals surface area contributed by atoms with Crippen LogP contribution in [0, 0.1) is 0 Å². The maximum atomic E-state index is 13.0. The van der Waals surface area contributed by atoms with Crippen LogP contribution < -0.4 is 4.74 Å². The van der Waals surface area contributed by atoms with Crippen LogP contribution in [0.25, 0.3) is 0 Å². The minimum Gasteiger partial charge on any atom is -0.481 e. The third-order valence-electron chi connectivity index (χ3n) is 4.83. The molecule has 1 fully saturated rings. The molecule has 1 amide bonds. The van der Waals surface area contributed by atoms with Crippen molar-refractivity contribution in [2.24, 2.45) is 0 Å². The monoisotopic (exact) mass is 386 g/mol.